The minimum atomic E-state index is 0.423. The molecule has 5 rings (SSSR count). The van der Waals surface area contributed by atoms with Gasteiger partial charge < -0.3 is 14.5 Å². The van der Waals surface area contributed by atoms with E-state index in [0.29, 0.717) is 11.9 Å². The Morgan fingerprint density at radius 3 is 2.53 bits per heavy atom. The van der Waals surface area contributed by atoms with Crippen molar-refractivity contribution in [2.75, 3.05) is 44.7 Å². The summed E-state index contributed by atoms with van der Waals surface area (Å²) in [4.78, 5) is 20.3. The van der Waals surface area contributed by atoms with Gasteiger partial charge in [-0.15, -0.1) is 11.3 Å². The van der Waals surface area contributed by atoms with Crippen molar-refractivity contribution < 1.29 is 4.74 Å². The van der Waals surface area contributed by atoms with E-state index in [1.54, 1.807) is 18.4 Å². The first-order valence-electron chi connectivity index (χ1n) is 10.3. The molecule has 0 bridgehead atoms. The molecule has 0 amide bonds. The first kappa shape index (κ1) is 19.8. The highest BCUT2D eigenvalue weighted by molar-refractivity contribution is 8.14. The number of aliphatic imine (C=N–C) groups is 1. The Balaban J connectivity index is 1.49. The average molecular weight is 440 g/mol. The molecule has 156 valence electrons. The van der Waals surface area contributed by atoms with Crippen LogP contribution in [0.2, 0.25) is 0 Å². The van der Waals surface area contributed by atoms with E-state index in [4.69, 9.17) is 19.7 Å². The van der Waals surface area contributed by atoms with E-state index < -0.39 is 0 Å². The number of benzene rings is 1. The Kier molecular flexibility index (Phi) is 5.62. The molecule has 1 fully saturated rings. The van der Waals surface area contributed by atoms with Crippen LogP contribution in [0.1, 0.15) is 12.7 Å². The number of thioether (sulfide) groups is 1. The molecule has 30 heavy (non-hydrogen) atoms. The molecule has 2 aromatic heterocycles. The summed E-state index contributed by atoms with van der Waals surface area (Å²) in [5.74, 6) is 1.77. The number of nitrogens with zero attached hydrogens (tertiary/aromatic N) is 5. The molecule has 1 saturated heterocycles. The van der Waals surface area contributed by atoms with Gasteiger partial charge in [-0.2, -0.15) is 0 Å². The zero-order valence-corrected chi connectivity index (χ0v) is 18.9. The SMILES string of the molecule is COCc1nc(N2CCN(C3=NCC(C)S3)CC2)c2c(-c3ccccc3)csc2n1. The molecule has 1 atom stereocenters. The van der Waals surface area contributed by atoms with Crippen LogP contribution < -0.4 is 4.90 Å². The second-order valence-corrected chi connectivity index (χ2v) is 9.88. The maximum atomic E-state index is 5.34. The van der Waals surface area contributed by atoms with Gasteiger partial charge >= 0.3 is 0 Å². The number of hydrogen-bond donors (Lipinski definition) is 0. The minimum absolute atomic E-state index is 0.423. The Morgan fingerprint density at radius 1 is 1.07 bits per heavy atom. The normalized spacial score (nSPS) is 19.5. The van der Waals surface area contributed by atoms with Crippen molar-refractivity contribution in [2.45, 2.75) is 18.8 Å². The van der Waals surface area contributed by atoms with E-state index >= 15 is 0 Å². The quantitative estimate of drug-likeness (QED) is 0.610. The summed E-state index contributed by atoms with van der Waals surface area (Å²) in [7, 11) is 1.69. The van der Waals surface area contributed by atoms with Crippen LogP contribution in [-0.2, 0) is 11.3 Å². The number of rotatable bonds is 4. The summed E-state index contributed by atoms with van der Waals surface area (Å²) in [6.07, 6.45) is 0. The number of thiophene rings is 1. The molecule has 2 aliphatic rings. The molecule has 0 saturated carbocycles. The Labute approximate surface area is 185 Å². The standard InChI is InChI=1S/C22H25N5OS2/c1-15-12-23-22(30-15)27-10-8-26(9-11-27)20-19-17(16-6-4-3-5-7-16)14-29-21(19)25-18(24-20)13-28-2/h3-7,14-15H,8-13H2,1-2H3. The molecule has 1 unspecified atom stereocenters. The molecule has 1 aromatic carbocycles. The van der Waals surface area contributed by atoms with Crippen LogP contribution in [-0.4, -0.2) is 65.1 Å². The van der Waals surface area contributed by atoms with Gasteiger partial charge in [-0.05, 0) is 5.56 Å². The lowest BCUT2D eigenvalue weighted by molar-refractivity contribution is 0.178. The molecule has 0 aliphatic carbocycles. The Morgan fingerprint density at radius 2 is 1.83 bits per heavy atom. The molecule has 0 radical (unpaired) electrons. The van der Waals surface area contributed by atoms with Gasteiger partial charge in [0.05, 0.1) is 11.9 Å². The number of aromatic nitrogens is 2. The second-order valence-electron chi connectivity index (χ2n) is 7.62. The van der Waals surface area contributed by atoms with Crippen LogP contribution in [0.15, 0.2) is 40.7 Å². The highest BCUT2D eigenvalue weighted by atomic mass is 32.2. The number of methoxy groups -OCH3 is 1. The molecule has 8 heteroatoms. The number of ether oxygens (including phenoxy) is 1. The van der Waals surface area contributed by atoms with E-state index in [1.807, 2.05) is 11.8 Å². The first-order valence-corrected chi connectivity index (χ1v) is 12.0. The van der Waals surface area contributed by atoms with E-state index in [1.165, 1.54) is 16.3 Å². The molecule has 0 N–H and O–H groups in total. The Hall–Kier alpha value is -2.16. The van der Waals surface area contributed by atoms with Crippen LogP contribution in [0.5, 0.6) is 0 Å². The minimum Gasteiger partial charge on any atom is -0.377 e. The van der Waals surface area contributed by atoms with Gasteiger partial charge in [0.1, 0.15) is 17.3 Å². The van der Waals surface area contributed by atoms with Crippen LogP contribution in [0.3, 0.4) is 0 Å². The highest BCUT2D eigenvalue weighted by Crippen LogP contribution is 2.38. The molecule has 3 aromatic rings. The third-order valence-corrected chi connectivity index (χ3v) is 7.48. The van der Waals surface area contributed by atoms with Gasteiger partial charge in [0.15, 0.2) is 11.0 Å². The third kappa shape index (κ3) is 3.79. The predicted octanol–water partition coefficient (Wildman–Crippen LogP) is 4.12. The molecular weight excluding hydrogens is 414 g/mol. The summed E-state index contributed by atoms with van der Waals surface area (Å²) in [6, 6.07) is 10.5. The van der Waals surface area contributed by atoms with Crippen LogP contribution in [0, 0.1) is 0 Å². The van der Waals surface area contributed by atoms with Gasteiger partial charge in [-0.25, -0.2) is 9.97 Å². The summed E-state index contributed by atoms with van der Waals surface area (Å²) in [5.41, 5.74) is 2.42. The van der Waals surface area contributed by atoms with Crippen molar-refractivity contribution in [3.8, 4) is 11.1 Å². The summed E-state index contributed by atoms with van der Waals surface area (Å²) in [6.45, 7) is 7.39. The summed E-state index contributed by atoms with van der Waals surface area (Å²) < 4.78 is 5.34. The summed E-state index contributed by atoms with van der Waals surface area (Å²) >= 11 is 3.58. The average Bonchev–Trinajstić information content (AvgIpc) is 3.41. The third-order valence-electron chi connectivity index (χ3n) is 5.46. The van der Waals surface area contributed by atoms with Crippen molar-refractivity contribution in [1.82, 2.24) is 14.9 Å². The van der Waals surface area contributed by atoms with Crippen molar-refractivity contribution >= 4 is 44.3 Å². The second kappa shape index (κ2) is 8.53. The number of amidine groups is 1. The highest BCUT2D eigenvalue weighted by Gasteiger charge is 2.27. The fourth-order valence-corrected chi connectivity index (χ4v) is 5.91. The number of piperazine rings is 1. The van der Waals surface area contributed by atoms with Crippen LogP contribution >= 0.6 is 23.1 Å². The van der Waals surface area contributed by atoms with Crippen molar-refractivity contribution in [2.24, 2.45) is 4.99 Å². The van der Waals surface area contributed by atoms with Gasteiger partial charge in [-0.3, -0.25) is 4.99 Å². The molecule has 6 nitrogen and oxygen atoms in total. The fourth-order valence-electron chi connectivity index (χ4n) is 3.96. The maximum Gasteiger partial charge on any atom is 0.159 e. The Bertz CT molecular complexity index is 1060. The molecule has 4 heterocycles. The monoisotopic (exact) mass is 439 g/mol. The van der Waals surface area contributed by atoms with E-state index in [9.17, 15) is 0 Å². The van der Waals surface area contributed by atoms with E-state index in [0.717, 1.165) is 54.6 Å². The van der Waals surface area contributed by atoms with Gasteiger partial charge in [-0.1, -0.05) is 49.0 Å². The van der Waals surface area contributed by atoms with Crippen LogP contribution in [0.4, 0.5) is 5.82 Å². The van der Waals surface area contributed by atoms with Crippen molar-refractivity contribution in [3.05, 3.63) is 41.5 Å². The largest absolute Gasteiger partial charge is 0.377 e. The lowest BCUT2D eigenvalue weighted by Crippen LogP contribution is -2.48. The van der Waals surface area contributed by atoms with Crippen LogP contribution in [0.25, 0.3) is 21.3 Å². The first-order chi connectivity index (χ1) is 14.7. The predicted molar refractivity (Wildman–Crippen MR) is 127 cm³/mol. The molecule has 0 spiro atoms. The summed E-state index contributed by atoms with van der Waals surface area (Å²) in [5, 5.41) is 5.16. The fraction of sp³-hybridized carbons (Fsp3) is 0.409. The van der Waals surface area contributed by atoms with Gasteiger partial charge in [0.2, 0.25) is 0 Å². The zero-order valence-electron chi connectivity index (χ0n) is 17.2. The molecule has 2 aliphatic heterocycles. The lowest BCUT2D eigenvalue weighted by atomic mass is 10.1. The van der Waals surface area contributed by atoms with Crippen molar-refractivity contribution in [3.63, 3.8) is 0 Å². The van der Waals surface area contributed by atoms with Gasteiger partial charge in [0, 0.05) is 49.5 Å². The number of fused-ring (bicyclic) bond motifs is 1. The van der Waals surface area contributed by atoms with E-state index in [2.05, 4.69) is 52.4 Å². The zero-order chi connectivity index (χ0) is 20.5. The smallest absolute Gasteiger partial charge is 0.159 e. The topological polar surface area (TPSA) is 53.9 Å². The maximum absolute atomic E-state index is 5.34. The van der Waals surface area contributed by atoms with E-state index in [-0.39, 0.29) is 0 Å². The lowest BCUT2D eigenvalue weighted by Gasteiger charge is -2.36. The van der Waals surface area contributed by atoms with Crippen molar-refractivity contribution in [1.29, 1.82) is 0 Å². The number of anilines is 1. The van der Waals surface area contributed by atoms with Gasteiger partial charge in [0.25, 0.3) is 0 Å². The molecular formula is C22H25N5OS2. The number of hydrogen-bond acceptors (Lipinski definition) is 8.